The first-order valence-corrected chi connectivity index (χ1v) is 14.7. The normalized spacial score (nSPS) is 40.2. The van der Waals surface area contributed by atoms with Crippen molar-refractivity contribution in [2.45, 2.75) is 90.1 Å². The number of unbranched alkanes of at least 4 members (excludes halogenated alkanes) is 3. The Morgan fingerprint density at radius 2 is 1.76 bits per heavy atom. The van der Waals surface area contributed by atoms with E-state index < -0.39 is 81.8 Å². The molecule has 41 heavy (non-hydrogen) atoms. The smallest absolute Gasteiger partial charge is 0.230 e. The van der Waals surface area contributed by atoms with E-state index in [1.807, 2.05) is 0 Å². The zero-order chi connectivity index (χ0) is 30.7. The third-order valence-electron chi connectivity index (χ3n) is 10.6. The molecule has 7 N–H and O–H groups in total. The number of nitrogens with two attached hydrogens (primary N) is 1. The Hall–Kier alpha value is -2.37. The molecule has 10 atom stereocenters. The van der Waals surface area contributed by atoms with E-state index in [0.29, 0.717) is 12.2 Å². The fourth-order valence-electron chi connectivity index (χ4n) is 8.65. The summed E-state index contributed by atoms with van der Waals surface area (Å²) in [6.45, 7) is 9.05. The van der Waals surface area contributed by atoms with Crippen LogP contribution >= 0.6 is 0 Å². The van der Waals surface area contributed by atoms with Gasteiger partial charge in [0.2, 0.25) is 5.91 Å². The van der Waals surface area contributed by atoms with Crippen molar-refractivity contribution in [2.75, 3.05) is 13.2 Å². The summed E-state index contributed by atoms with van der Waals surface area (Å²) in [5, 5.41) is 58.8. The molecule has 0 saturated heterocycles. The van der Waals surface area contributed by atoms with Crippen LogP contribution in [-0.2, 0) is 14.3 Å². The molecule has 0 aromatic heterocycles. The van der Waals surface area contributed by atoms with E-state index in [2.05, 4.69) is 6.92 Å². The number of hydrogen-bond acceptors (Lipinski definition) is 9. The maximum Gasteiger partial charge on any atom is 0.230 e. The quantitative estimate of drug-likeness (QED) is 0.188. The second-order valence-corrected chi connectivity index (χ2v) is 13.0. The second-order valence-electron chi connectivity index (χ2n) is 13.0. The molecule has 10 heteroatoms. The van der Waals surface area contributed by atoms with E-state index in [1.165, 1.54) is 13.0 Å². The third kappa shape index (κ3) is 4.20. The van der Waals surface area contributed by atoms with Gasteiger partial charge in [-0.25, -0.2) is 0 Å². The molecule has 4 rings (SSSR count). The molecule has 228 valence electrons. The molecule has 0 spiro atoms. The lowest BCUT2D eigenvalue weighted by Gasteiger charge is -2.69. The van der Waals surface area contributed by atoms with Crippen molar-refractivity contribution >= 4 is 17.5 Å². The molecule has 3 aliphatic carbocycles. The zero-order valence-corrected chi connectivity index (χ0v) is 24.5. The lowest BCUT2D eigenvalue weighted by molar-refractivity contribution is -0.308. The molecular weight excluding hydrogens is 530 g/mol. The van der Waals surface area contributed by atoms with Crippen molar-refractivity contribution in [3.8, 4) is 5.75 Å². The van der Waals surface area contributed by atoms with E-state index in [9.17, 15) is 39.9 Å². The van der Waals surface area contributed by atoms with Crippen LogP contribution < -0.4 is 5.73 Å². The zero-order valence-electron chi connectivity index (χ0n) is 24.5. The number of phenolic OH excluding ortho intramolecular Hbond substituents is 1. The van der Waals surface area contributed by atoms with Crippen LogP contribution in [0.1, 0.15) is 82.1 Å². The van der Waals surface area contributed by atoms with Crippen LogP contribution in [0.25, 0.3) is 0 Å². The molecule has 0 aliphatic heterocycles. The number of aromatic hydroxyl groups is 1. The number of Topliss-reactive ketones (excluding diaryl/α,β-unsaturated/α-hetero) is 2. The molecule has 1 aromatic carbocycles. The lowest BCUT2D eigenvalue weighted by Crippen LogP contribution is -2.84. The summed E-state index contributed by atoms with van der Waals surface area (Å²) < 4.78 is 6.08. The maximum absolute atomic E-state index is 14.1. The van der Waals surface area contributed by atoms with E-state index in [4.69, 9.17) is 10.5 Å². The van der Waals surface area contributed by atoms with Crippen LogP contribution in [0.15, 0.2) is 18.2 Å². The van der Waals surface area contributed by atoms with Crippen LogP contribution in [0.4, 0.5) is 0 Å². The minimum absolute atomic E-state index is 0.0356. The van der Waals surface area contributed by atoms with Gasteiger partial charge < -0.3 is 36.0 Å². The molecule has 2 fully saturated rings. The maximum atomic E-state index is 14.1. The topological polar surface area (TPSA) is 188 Å². The van der Waals surface area contributed by atoms with Gasteiger partial charge in [-0.2, -0.15) is 0 Å². The summed E-state index contributed by atoms with van der Waals surface area (Å²) in [6, 6.07) is 4.60. The highest BCUT2D eigenvalue weighted by atomic mass is 16.5. The molecule has 3 aliphatic rings. The number of rotatable bonds is 9. The number of carbonyl (C=O) groups is 3. The number of phenols is 1. The first-order chi connectivity index (χ1) is 19.1. The van der Waals surface area contributed by atoms with Gasteiger partial charge in [0.05, 0.1) is 30.3 Å². The minimum Gasteiger partial charge on any atom is -0.507 e. The van der Waals surface area contributed by atoms with Crippen molar-refractivity contribution in [3.05, 3.63) is 29.3 Å². The molecule has 1 amide bonds. The highest BCUT2D eigenvalue weighted by Gasteiger charge is 2.80. The number of aliphatic hydroxyl groups is 4. The van der Waals surface area contributed by atoms with Crippen LogP contribution in [0, 0.1) is 34.5 Å². The number of ketones is 2. The third-order valence-corrected chi connectivity index (χ3v) is 10.6. The highest BCUT2D eigenvalue weighted by Crippen LogP contribution is 2.68. The Labute approximate surface area is 240 Å². The summed E-state index contributed by atoms with van der Waals surface area (Å²) in [4.78, 5) is 40.4. The van der Waals surface area contributed by atoms with Gasteiger partial charge in [0.15, 0.2) is 17.2 Å². The molecule has 1 aromatic rings. The van der Waals surface area contributed by atoms with Gasteiger partial charge in [-0.15, -0.1) is 0 Å². The largest absolute Gasteiger partial charge is 0.507 e. The number of ether oxygens (including phenoxy) is 1. The predicted octanol–water partition coefficient (Wildman–Crippen LogP) is 1.68. The van der Waals surface area contributed by atoms with E-state index in [-0.39, 0.29) is 17.9 Å². The van der Waals surface area contributed by atoms with Gasteiger partial charge >= 0.3 is 0 Å². The number of benzene rings is 1. The van der Waals surface area contributed by atoms with E-state index in [0.717, 1.165) is 25.7 Å². The fraction of sp³-hybridized carbons (Fsp3) is 0.710. The molecule has 0 heterocycles. The van der Waals surface area contributed by atoms with Crippen molar-refractivity contribution in [2.24, 2.45) is 40.2 Å². The average molecular weight is 576 g/mol. The molecule has 0 bridgehead atoms. The first kappa shape index (κ1) is 31.6. The minimum atomic E-state index is -2.81. The number of aliphatic hydroxyl groups excluding tert-OH is 3. The van der Waals surface area contributed by atoms with Crippen molar-refractivity contribution in [1.82, 2.24) is 0 Å². The van der Waals surface area contributed by atoms with Gasteiger partial charge in [0, 0.05) is 23.4 Å². The van der Waals surface area contributed by atoms with Crippen LogP contribution in [-0.4, -0.2) is 80.1 Å². The van der Waals surface area contributed by atoms with Crippen LogP contribution in [0.3, 0.4) is 0 Å². The van der Waals surface area contributed by atoms with Crippen LogP contribution in [0.5, 0.6) is 5.75 Å². The molecule has 2 unspecified atom stereocenters. The summed E-state index contributed by atoms with van der Waals surface area (Å²) >= 11 is 0. The number of amides is 1. The Balaban J connectivity index is 1.93. The van der Waals surface area contributed by atoms with Gasteiger partial charge in [0.1, 0.15) is 17.8 Å². The second kappa shape index (κ2) is 11.0. The Morgan fingerprint density at radius 1 is 1.10 bits per heavy atom. The number of fused-ring (bicyclic) bond motifs is 3. The van der Waals surface area contributed by atoms with Gasteiger partial charge in [-0.1, -0.05) is 66.0 Å². The summed E-state index contributed by atoms with van der Waals surface area (Å²) in [5.41, 5.74) is -0.341. The molecule has 10 nitrogen and oxygen atoms in total. The monoisotopic (exact) mass is 575 g/mol. The number of hydrogen-bond donors (Lipinski definition) is 6. The van der Waals surface area contributed by atoms with Gasteiger partial charge in [0.25, 0.3) is 0 Å². The molecule has 0 radical (unpaired) electrons. The SMILES string of the molecule is CCCCCCOC[C@@H]1c2cccc(O)c2C(=O)[C@@H]2C(O)[C@@]3(O)C(=O)[C@H](C(N)=O)C(O)[C@H](C(C)C)[C@@]3(C)[C@H](O)[C@@]12C. The summed E-state index contributed by atoms with van der Waals surface area (Å²) in [7, 11) is 0. The number of primary amides is 1. The Bertz CT molecular complexity index is 1200. The standard InChI is InChI=1S/C31H45NO9/c1-6-7-8-9-13-41-14-17-16-11-10-12-18(33)19(16)23(34)22-26(37)31(40)25(36)20(27(32)38)24(35)21(15(2)3)30(31,5)28(39)29(17,22)4/h10-12,15,17,20-22,24,26,28,33,35,37,39-40H,6-9,13-14H2,1-5H3,(H2,32,38)/t17-,20-,21+,22-,24?,26?,28-,29+,30+,31+/m1/s1. The first-order valence-electron chi connectivity index (χ1n) is 14.7. The Morgan fingerprint density at radius 3 is 2.34 bits per heavy atom. The average Bonchev–Trinajstić information content (AvgIpc) is 2.89. The van der Waals surface area contributed by atoms with Crippen molar-refractivity contribution in [3.63, 3.8) is 0 Å². The molecule has 2 saturated carbocycles. The highest BCUT2D eigenvalue weighted by molar-refractivity contribution is 6.09. The van der Waals surface area contributed by atoms with Gasteiger partial charge in [-0.05, 0) is 29.9 Å². The summed E-state index contributed by atoms with van der Waals surface area (Å²) in [5.74, 6) is -9.17. The number of carbonyl (C=O) groups excluding carboxylic acids is 3. The van der Waals surface area contributed by atoms with Crippen LogP contribution in [0.2, 0.25) is 0 Å². The van der Waals surface area contributed by atoms with E-state index in [1.54, 1.807) is 32.9 Å². The van der Waals surface area contributed by atoms with Crippen molar-refractivity contribution < 1.29 is 44.7 Å². The van der Waals surface area contributed by atoms with E-state index >= 15 is 0 Å². The summed E-state index contributed by atoms with van der Waals surface area (Å²) in [6.07, 6.45) is -1.48. The van der Waals surface area contributed by atoms with Crippen molar-refractivity contribution in [1.29, 1.82) is 0 Å². The Kier molecular flexibility index (Phi) is 8.50. The van der Waals surface area contributed by atoms with Gasteiger partial charge in [-0.3, -0.25) is 14.4 Å². The molecular formula is C31H45NO9. The predicted molar refractivity (Wildman–Crippen MR) is 149 cm³/mol. The lowest BCUT2D eigenvalue weighted by atomic mass is 9.36. The fourth-order valence-corrected chi connectivity index (χ4v) is 8.65.